The second-order valence-corrected chi connectivity index (χ2v) is 5.82. The fourth-order valence-electron chi connectivity index (χ4n) is 2.08. The fourth-order valence-corrected chi connectivity index (χ4v) is 2.75. The molecule has 0 fully saturated rings. The fraction of sp³-hybridized carbons (Fsp3) is 0.125. The number of fused-ring (bicyclic) bond motifs is 1. The number of benzene rings is 1. The quantitative estimate of drug-likeness (QED) is 0.550. The Hall–Kier alpha value is -2.40. The third-order valence-electron chi connectivity index (χ3n) is 3.23. The van der Waals surface area contributed by atoms with Gasteiger partial charge in [0.2, 0.25) is 5.78 Å². The Morgan fingerprint density at radius 3 is 2.67 bits per heavy atom. The minimum Gasteiger partial charge on any atom is -0.422 e. The molecule has 106 valence electrons. The largest absolute Gasteiger partial charge is 0.422 e. The van der Waals surface area contributed by atoms with Gasteiger partial charge in [0.15, 0.2) is 0 Å². The van der Waals surface area contributed by atoms with Crippen LogP contribution in [0.2, 0.25) is 0 Å². The van der Waals surface area contributed by atoms with Gasteiger partial charge in [-0.25, -0.2) is 4.79 Å². The van der Waals surface area contributed by atoms with E-state index in [0.717, 1.165) is 11.1 Å². The van der Waals surface area contributed by atoms with Gasteiger partial charge in [0, 0.05) is 31.2 Å². The average molecular weight is 299 g/mol. The van der Waals surface area contributed by atoms with Gasteiger partial charge in [0.25, 0.3) is 0 Å². The molecule has 0 aliphatic heterocycles. The van der Waals surface area contributed by atoms with Crippen LogP contribution in [0.15, 0.2) is 51.0 Å². The first kappa shape index (κ1) is 13.6. The topological polar surface area (TPSA) is 50.5 Å². The maximum atomic E-state index is 12.3. The van der Waals surface area contributed by atoms with Crippen molar-refractivity contribution in [3.8, 4) is 0 Å². The molecule has 0 saturated carbocycles. The van der Waals surface area contributed by atoms with E-state index < -0.39 is 5.63 Å². The molecule has 1 aromatic carbocycles. The average Bonchev–Trinajstić information content (AvgIpc) is 2.99. The lowest BCUT2D eigenvalue weighted by atomic mass is 10.1. The van der Waals surface area contributed by atoms with Crippen molar-refractivity contribution < 1.29 is 9.21 Å². The second-order valence-electron chi connectivity index (χ2n) is 4.87. The summed E-state index contributed by atoms with van der Waals surface area (Å²) in [5, 5.41) is 2.54. The Kier molecular flexibility index (Phi) is 3.35. The van der Waals surface area contributed by atoms with Crippen molar-refractivity contribution >= 4 is 33.8 Å². The number of carbonyl (C=O) groups is 1. The molecule has 0 bridgehead atoms. The first-order valence-electron chi connectivity index (χ1n) is 6.40. The predicted molar refractivity (Wildman–Crippen MR) is 84.6 cm³/mol. The van der Waals surface area contributed by atoms with Crippen molar-refractivity contribution in [2.24, 2.45) is 0 Å². The lowest BCUT2D eigenvalue weighted by molar-refractivity contribution is 0.103. The molecule has 0 amide bonds. The van der Waals surface area contributed by atoms with Gasteiger partial charge in [-0.05, 0) is 29.6 Å². The predicted octanol–water partition coefficient (Wildman–Crippen LogP) is 3.15. The van der Waals surface area contributed by atoms with Crippen LogP contribution in [0, 0.1) is 0 Å². The van der Waals surface area contributed by atoms with E-state index in [1.54, 1.807) is 29.6 Å². The van der Waals surface area contributed by atoms with E-state index in [0.29, 0.717) is 10.5 Å². The Morgan fingerprint density at radius 1 is 1.19 bits per heavy atom. The standard InChI is InChI=1S/C16H13NO3S/c1-17(2)11-6-5-10-8-12(16(19)20-13(10)9-11)15(18)14-4-3-7-21-14/h3-9H,1-2H3. The number of anilines is 1. The van der Waals surface area contributed by atoms with Gasteiger partial charge in [0.05, 0.1) is 4.88 Å². The zero-order chi connectivity index (χ0) is 15.0. The van der Waals surface area contributed by atoms with Gasteiger partial charge < -0.3 is 9.32 Å². The highest BCUT2D eigenvalue weighted by Crippen LogP contribution is 2.22. The summed E-state index contributed by atoms with van der Waals surface area (Å²) in [5.41, 5.74) is 0.885. The zero-order valence-corrected chi connectivity index (χ0v) is 12.4. The second kappa shape index (κ2) is 5.18. The minimum absolute atomic E-state index is 0.0718. The first-order chi connectivity index (χ1) is 10.1. The molecule has 0 aliphatic rings. The highest BCUT2D eigenvalue weighted by atomic mass is 32.1. The summed E-state index contributed by atoms with van der Waals surface area (Å²) in [4.78, 5) is 26.8. The third kappa shape index (κ3) is 2.48. The van der Waals surface area contributed by atoms with Crippen LogP contribution in [0.4, 0.5) is 5.69 Å². The monoisotopic (exact) mass is 299 g/mol. The molecule has 0 radical (unpaired) electrons. The molecular weight excluding hydrogens is 286 g/mol. The molecule has 21 heavy (non-hydrogen) atoms. The van der Waals surface area contributed by atoms with Crippen LogP contribution in [0.1, 0.15) is 15.2 Å². The van der Waals surface area contributed by atoms with Gasteiger partial charge >= 0.3 is 5.63 Å². The van der Waals surface area contributed by atoms with E-state index in [2.05, 4.69) is 0 Å². The molecule has 2 heterocycles. The van der Waals surface area contributed by atoms with E-state index in [4.69, 9.17) is 4.42 Å². The van der Waals surface area contributed by atoms with Crippen molar-refractivity contribution in [1.29, 1.82) is 0 Å². The minimum atomic E-state index is -0.600. The Labute approximate surface area is 125 Å². The molecule has 3 rings (SSSR count). The molecule has 0 N–H and O–H groups in total. The Morgan fingerprint density at radius 2 is 2.00 bits per heavy atom. The molecule has 0 unspecified atom stereocenters. The molecule has 2 aromatic heterocycles. The van der Waals surface area contributed by atoms with E-state index in [9.17, 15) is 9.59 Å². The summed E-state index contributed by atoms with van der Waals surface area (Å²) < 4.78 is 5.30. The summed E-state index contributed by atoms with van der Waals surface area (Å²) in [5.74, 6) is -0.294. The molecule has 0 spiro atoms. The number of nitrogens with zero attached hydrogens (tertiary/aromatic N) is 1. The van der Waals surface area contributed by atoms with E-state index in [-0.39, 0.29) is 11.3 Å². The van der Waals surface area contributed by atoms with Crippen molar-refractivity contribution in [3.05, 3.63) is 62.6 Å². The van der Waals surface area contributed by atoms with Gasteiger partial charge in [-0.3, -0.25) is 4.79 Å². The van der Waals surface area contributed by atoms with Crippen LogP contribution in [0.5, 0.6) is 0 Å². The number of ketones is 1. The normalized spacial score (nSPS) is 10.8. The van der Waals surface area contributed by atoms with Crippen LogP contribution in [0.25, 0.3) is 11.0 Å². The van der Waals surface area contributed by atoms with E-state index in [1.165, 1.54) is 11.3 Å². The number of rotatable bonds is 3. The number of hydrogen-bond acceptors (Lipinski definition) is 5. The number of carbonyl (C=O) groups excluding carboxylic acids is 1. The molecule has 0 saturated heterocycles. The summed E-state index contributed by atoms with van der Waals surface area (Å²) in [6.45, 7) is 0. The van der Waals surface area contributed by atoms with Crippen LogP contribution in [-0.4, -0.2) is 19.9 Å². The van der Waals surface area contributed by atoms with Crippen molar-refractivity contribution in [2.45, 2.75) is 0 Å². The van der Waals surface area contributed by atoms with Gasteiger partial charge in [-0.2, -0.15) is 0 Å². The maximum Gasteiger partial charge on any atom is 0.347 e. The molecule has 4 nitrogen and oxygen atoms in total. The smallest absolute Gasteiger partial charge is 0.347 e. The highest BCUT2D eigenvalue weighted by Gasteiger charge is 2.16. The van der Waals surface area contributed by atoms with Crippen LogP contribution in [-0.2, 0) is 0 Å². The van der Waals surface area contributed by atoms with E-state index in [1.807, 2.05) is 31.1 Å². The zero-order valence-electron chi connectivity index (χ0n) is 11.6. The molecule has 5 heteroatoms. The lowest BCUT2D eigenvalue weighted by Gasteiger charge is -2.12. The van der Waals surface area contributed by atoms with E-state index >= 15 is 0 Å². The van der Waals surface area contributed by atoms with Crippen LogP contribution >= 0.6 is 11.3 Å². The highest BCUT2D eigenvalue weighted by molar-refractivity contribution is 7.12. The Balaban J connectivity index is 2.14. The van der Waals surface area contributed by atoms with Crippen molar-refractivity contribution in [1.82, 2.24) is 0 Å². The maximum absolute atomic E-state index is 12.3. The summed E-state index contributed by atoms with van der Waals surface area (Å²) in [6, 6.07) is 10.6. The lowest BCUT2D eigenvalue weighted by Crippen LogP contribution is -2.14. The Bertz CT molecular complexity index is 863. The van der Waals surface area contributed by atoms with Crippen LogP contribution < -0.4 is 10.5 Å². The summed E-state index contributed by atoms with van der Waals surface area (Å²) in [7, 11) is 3.82. The third-order valence-corrected chi connectivity index (χ3v) is 4.09. The molecule has 0 atom stereocenters. The first-order valence-corrected chi connectivity index (χ1v) is 7.27. The van der Waals surface area contributed by atoms with Crippen molar-refractivity contribution in [3.63, 3.8) is 0 Å². The van der Waals surface area contributed by atoms with Crippen LogP contribution in [0.3, 0.4) is 0 Å². The van der Waals surface area contributed by atoms with Crippen molar-refractivity contribution in [2.75, 3.05) is 19.0 Å². The summed E-state index contributed by atoms with van der Waals surface area (Å²) in [6.07, 6.45) is 0. The summed E-state index contributed by atoms with van der Waals surface area (Å²) >= 11 is 1.31. The van der Waals surface area contributed by atoms with Gasteiger partial charge in [0.1, 0.15) is 11.1 Å². The molecule has 3 aromatic rings. The number of hydrogen-bond donors (Lipinski definition) is 0. The SMILES string of the molecule is CN(C)c1ccc2cc(C(=O)c3cccs3)c(=O)oc2c1. The molecular formula is C16H13NO3S. The van der Waals surface area contributed by atoms with Gasteiger partial charge in [-0.1, -0.05) is 6.07 Å². The number of thiophene rings is 1. The van der Waals surface area contributed by atoms with Gasteiger partial charge in [-0.15, -0.1) is 11.3 Å². The molecule has 0 aliphatic carbocycles.